The number of carbonyl (C=O) groups excluding carboxylic acids is 3. The molecule has 2 heterocycles. The molecule has 8 nitrogen and oxygen atoms in total. The number of halogens is 2. The third-order valence-corrected chi connectivity index (χ3v) is 5.26. The van der Waals surface area contributed by atoms with E-state index in [2.05, 4.69) is 5.32 Å². The van der Waals surface area contributed by atoms with Crippen molar-refractivity contribution in [2.75, 3.05) is 36.0 Å². The Balaban J connectivity index is 1.63. The molecule has 10 heteroatoms. The number of hydrogen-bond donors (Lipinski definition) is 2. The first-order chi connectivity index (χ1) is 13.8. The lowest BCUT2D eigenvalue weighted by atomic mass is 9.91. The maximum absolute atomic E-state index is 14.7. The van der Waals surface area contributed by atoms with Gasteiger partial charge in [0.1, 0.15) is 11.9 Å². The van der Waals surface area contributed by atoms with Gasteiger partial charge in [-0.2, -0.15) is 0 Å². The number of primary amides is 1. The fourth-order valence-electron chi connectivity index (χ4n) is 3.68. The van der Waals surface area contributed by atoms with Gasteiger partial charge in [0, 0.05) is 25.9 Å². The summed E-state index contributed by atoms with van der Waals surface area (Å²) < 4.78 is 33.7. The SMILES string of the molecule is CC(=O)NCC1CN(c2ccc(N3CCC(C(F)C(N)=O)CC3)c(F)c2)C(=O)O1. The van der Waals surface area contributed by atoms with Crippen molar-refractivity contribution >= 4 is 29.3 Å². The van der Waals surface area contributed by atoms with Gasteiger partial charge in [0.2, 0.25) is 5.91 Å². The van der Waals surface area contributed by atoms with Crippen molar-refractivity contribution < 1.29 is 27.9 Å². The van der Waals surface area contributed by atoms with E-state index >= 15 is 0 Å². The molecule has 2 saturated heterocycles. The molecule has 2 unspecified atom stereocenters. The summed E-state index contributed by atoms with van der Waals surface area (Å²) in [5.41, 5.74) is 5.72. The summed E-state index contributed by atoms with van der Waals surface area (Å²) in [4.78, 5) is 37.2. The number of carbonyl (C=O) groups is 3. The van der Waals surface area contributed by atoms with Crippen molar-refractivity contribution in [3.8, 4) is 0 Å². The molecular weight excluding hydrogens is 386 g/mol. The Morgan fingerprint density at radius 2 is 2.03 bits per heavy atom. The summed E-state index contributed by atoms with van der Waals surface area (Å²) in [7, 11) is 0. The van der Waals surface area contributed by atoms with Crippen molar-refractivity contribution in [1.82, 2.24) is 5.32 Å². The molecule has 0 spiro atoms. The third kappa shape index (κ3) is 4.75. The van der Waals surface area contributed by atoms with E-state index in [4.69, 9.17) is 10.5 Å². The highest BCUT2D eigenvalue weighted by Gasteiger charge is 2.34. The number of anilines is 2. The lowest BCUT2D eigenvalue weighted by Gasteiger charge is -2.34. The molecule has 3 N–H and O–H groups in total. The van der Waals surface area contributed by atoms with Crippen molar-refractivity contribution in [2.24, 2.45) is 11.7 Å². The van der Waals surface area contributed by atoms with Crippen molar-refractivity contribution in [3.05, 3.63) is 24.0 Å². The Kier molecular flexibility index (Phi) is 6.19. The minimum atomic E-state index is -1.68. The molecule has 2 atom stereocenters. The van der Waals surface area contributed by atoms with Gasteiger partial charge in [-0.05, 0) is 31.0 Å². The van der Waals surface area contributed by atoms with Gasteiger partial charge < -0.3 is 20.7 Å². The van der Waals surface area contributed by atoms with Gasteiger partial charge in [0.05, 0.1) is 24.5 Å². The van der Waals surface area contributed by atoms with E-state index < -0.39 is 36.0 Å². The van der Waals surface area contributed by atoms with Gasteiger partial charge in [0.15, 0.2) is 6.17 Å². The second-order valence-electron chi connectivity index (χ2n) is 7.32. The van der Waals surface area contributed by atoms with E-state index in [9.17, 15) is 23.2 Å². The average Bonchev–Trinajstić information content (AvgIpc) is 3.06. The van der Waals surface area contributed by atoms with Crippen LogP contribution in [0.2, 0.25) is 0 Å². The first-order valence-electron chi connectivity index (χ1n) is 9.46. The number of amides is 3. The van der Waals surface area contributed by atoms with Crippen LogP contribution in [0.4, 0.5) is 25.0 Å². The molecule has 1 aromatic carbocycles. The number of benzene rings is 1. The fourth-order valence-corrected chi connectivity index (χ4v) is 3.68. The lowest BCUT2D eigenvalue weighted by molar-refractivity contribution is -0.124. The molecule has 0 aromatic heterocycles. The summed E-state index contributed by atoms with van der Waals surface area (Å²) in [6.45, 7) is 2.56. The first-order valence-corrected chi connectivity index (χ1v) is 9.46. The highest BCUT2D eigenvalue weighted by Crippen LogP contribution is 2.31. The number of alkyl halides is 1. The second kappa shape index (κ2) is 8.62. The van der Waals surface area contributed by atoms with Crippen molar-refractivity contribution in [2.45, 2.75) is 32.0 Å². The first kappa shape index (κ1) is 20.8. The van der Waals surface area contributed by atoms with Gasteiger partial charge >= 0.3 is 6.09 Å². The number of nitrogens with two attached hydrogens (primary N) is 1. The molecule has 0 radical (unpaired) electrons. The average molecular weight is 410 g/mol. The van der Waals surface area contributed by atoms with Gasteiger partial charge in [-0.15, -0.1) is 0 Å². The maximum Gasteiger partial charge on any atom is 0.414 e. The number of cyclic esters (lactones) is 1. The van der Waals surface area contributed by atoms with Gasteiger partial charge in [-0.25, -0.2) is 13.6 Å². The van der Waals surface area contributed by atoms with E-state index in [1.54, 1.807) is 17.0 Å². The molecule has 0 aliphatic carbocycles. The van der Waals surface area contributed by atoms with Crippen LogP contribution < -0.4 is 20.9 Å². The highest BCUT2D eigenvalue weighted by molar-refractivity contribution is 5.90. The molecule has 2 aliphatic rings. The minimum Gasteiger partial charge on any atom is -0.442 e. The Bertz CT molecular complexity index is 798. The normalized spacial score (nSPS) is 21.1. The molecule has 1 aromatic rings. The van der Waals surface area contributed by atoms with Gasteiger partial charge in [-0.1, -0.05) is 0 Å². The summed E-state index contributed by atoms with van der Waals surface area (Å²) in [5.74, 6) is -2.15. The van der Waals surface area contributed by atoms with Crippen LogP contribution in [0, 0.1) is 11.7 Å². The van der Waals surface area contributed by atoms with Crippen LogP contribution in [0.5, 0.6) is 0 Å². The Morgan fingerprint density at radius 3 is 2.62 bits per heavy atom. The second-order valence-corrected chi connectivity index (χ2v) is 7.32. The molecule has 158 valence electrons. The van der Waals surface area contributed by atoms with E-state index in [1.165, 1.54) is 17.9 Å². The van der Waals surface area contributed by atoms with E-state index in [1.807, 2.05) is 0 Å². The van der Waals surface area contributed by atoms with Crippen LogP contribution >= 0.6 is 0 Å². The molecule has 2 fully saturated rings. The number of nitrogens with one attached hydrogen (secondary N) is 1. The molecule has 3 rings (SSSR count). The van der Waals surface area contributed by atoms with Crippen molar-refractivity contribution in [1.29, 1.82) is 0 Å². The maximum atomic E-state index is 14.7. The third-order valence-electron chi connectivity index (χ3n) is 5.26. The van der Waals surface area contributed by atoms with Crippen LogP contribution in [0.15, 0.2) is 18.2 Å². The summed E-state index contributed by atoms with van der Waals surface area (Å²) in [5, 5.41) is 2.58. The summed E-state index contributed by atoms with van der Waals surface area (Å²) >= 11 is 0. The zero-order chi connectivity index (χ0) is 21.1. The van der Waals surface area contributed by atoms with Crippen LogP contribution in [0.1, 0.15) is 19.8 Å². The van der Waals surface area contributed by atoms with E-state index in [-0.39, 0.29) is 19.0 Å². The van der Waals surface area contributed by atoms with Gasteiger partial charge in [-0.3, -0.25) is 14.5 Å². The van der Waals surface area contributed by atoms with Crippen LogP contribution in [0.3, 0.4) is 0 Å². The number of nitrogens with zero attached hydrogens (tertiary/aromatic N) is 2. The Labute approximate surface area is 167 Å². The standard InChI is InChI=1S/C19H24F2N4O4/c1-11(26)23-9-14-10-25(19(28)29-14)13-2-3-16(15(20)8-13)24-6-4-12(5-7-24)17(21)18(22)27/h2-3,8,12,14,17H,4-7,9-10H2,1H3,(H2,22,27)(H,23,26). The van der Waals surface area contributed by atoms with Gasteiger partial charge in [0.25, 0.3) is 5.91 Å². The summed E-state index contributed by atoms with van der Waals surface area (Å²) in [6.07, 6.45) is -2.00. The zero-order valence-electron chi connectivity index (χ0n) is 16.1. The number of ether oxygens (including phenoxy) is 1. The van der Waals surface area contributed by atoms with Crippen LogP contribution in [0.25, 0.3) is 0 Å². The predicted molar refractivity (Wildman–Crippen MR) is 102 cm³/mol. The molecule has 29 heavy (non-hydrogen) atoms. The van der Waals surface area contributed by atoms with Crippen LogP contribution in [-0.2, 0) is 14.3 Å². The number of piperidine rings is 1. The van der Waals surface area contributed by atoms with Crippen LogP contribution in [-0.4, -0.2) is 56.4 Å². The van der Waals surface area contributed by atoms with E-state index in [0.29, 0.717) is 37.3 Å². The Morgan fingerprint density at radius 1 is 1.34 bits per heavy atom. The largest absolute Gasteiger partial charge is 0.442 e. The van der Waals surface area contributed by atoms with E-state index in [0.717, 1.165) is 0 Å². The highest BCUT2D eigenvalue weighted by atomic mass is 19.1. The molecule has 2 aliphatic heterocycles. The molecule has 0 bridgehead atoms. The topological polar surface area (TPSA) is 105 Å². The monoisotopic (exact) mass is 410 g/mol. The lowest BCUT2D eigenvalue weighted by Crippen LogP contribution is -2.41. The fraction of sp³-hybridized carbons (Fsp3) is 0.526. The minimum absolute atomic E-state index is 0.188. The predicted octanol–water partition coefficient (Wildman–Crippen LogP) is 1.33. The molecular formula is C19H24F2N4O4. The van der Waals surface area contributed by atoms with Crippen molar-refractivity contribution in [3.63, 3.8) is 0 Å². The quantitative estimate of drug-likeness (QED) is 0.736. The summed E-state index contributed by atoms with van der Waals surface area (Å²) in [6, 6.07) is 4.44. The number of hydrogen-bond acceptors (Lipinski definition) is 5. The smallest absolute Gasteiger partial charge is 0.414 e. The molecule has 0 saturated carbocycles. The number of rotatable bonds is 6. The zero-order valence-corrected chi connectivity index (χ0v) is 16.1. The molecule has 3 amide bonds. The Hall–Kier alpha value is -2.91.